The first-order chi connectivity index (χ1) is 8.91. The van der Waals surface area contributed by atoms with E-state index in [4.69, 9.17) is 5.11 Å². The first-order valence-electron chi connectivity index (χ1n) is 7.05. The average molecular weight is 271 g/mol. The highest BCUT2D eigenvalue weighted by atomic mass is 16.4. The van der Waals surface area contributed by atoms with Crippen molar-refractivity contribution in [1.29, 1.82) is 0 Å². The van der Waals surface area contributed by atoms with Gasteiger partial charge in [0, 0.05) is 19.1 Å². The Morgan fingerprint density at radius 3 is 2.26 bits per heavy atom. The predicted molar refractivity (Wildman–Crippen MR) is 71.6 cm³/mol. The molecule has 3 N–H and O–H groups in total. The Hall–Kier alpha value is -1.10. The summed E-state index contributed by atoms with van der Waals surface area (Å²) in [5, 5.41) is 21.2. The molecule has 5 heteroatoms. The maximum absolute atomic E-state index is 12.0. The quantitative estimate of drug-likeness (QED) is 0.655. The van der Waals surface area contributed by atoms with Crippen LogP contribution in [0.4, 0.5) is 0 Å². The maximum atomic E-state index is 12.0. The molecule has 0 aromatic rings. The van der Waals surface area contributed by atoms with Crippen LogP contribution in [0.2, 0.25) is 0 Å². The SMILES string of the molecule is CC(C)C(CCO)NC(=O)CC1(C(=O)O)CCCC1. The summed E-state index contributed by atoms with van der Waals surface area (Å²) in [4.78, 5) is 23.4. The molecule has 1 aliphatic carbocycles. The smallest absolute Gasteiger partial charge is 0.310 e. The van der Waals surface area contributed by atoms with Gasteiger partial charge in [0.2, 0.25) is 5.91 Å². The molecule has 0 spiro atoms. The van der Waals surface area contributed by atoms with Crippen LogP contribution in [-0.2, 0) is 9.59 Å². The van der Waals surface area contributed by atoms with Crippen LogP contribution in [0, 0.1) is 11.3 Å². The fraction of sp³-hybridized carbons (Fsp3) is 0.857. The zero-order chi connectivity index (χ0) is 14.5. The van der Waals surface area contributed by atoms with E-state index in [9.17, 15) is 14.7 Å². The highest BCUT2D eigenvalue weighted by molar-refractivity contribution is 5.85. The van der Waals surface area contributed by atoms with E-state index in [0.717, 1.165) is 12.8 Å². The van der Waals surface area contributed by atoms with E-state index in [2.05, 4.69) is 5.32 Å². The lowest BCUT2D eigenvalue weighted by atomic mass is 9.82. The van der Waals surface area contributed by atoms with Gasteiger partial charge in [-0.3, -0.25) is 9.59 Å². The van der Waals surface area contributed by atoms with Crippen LogP contribution < -0.4 is 5.32 Å². The van der Waals surface area contributed by atoms with Crippen LogP contribution in [-0.4, -0.2) is 34.7 Å². The van der Waals surface area contributed by atoms with E-state index >= 15 is 0 Å². The summed E-state index contributed by atoms with van der Waals surface area (Å²) >= 11 is 0. The van der Waals surface area contributed by atoms with Gasteiger partial charge in [0.15, 0.2) is 0 Å². The predicted octanol–water partition coefficient (Wildman–Crippen LogP) is 1.54. The van der Waals surface area contributed by atoms with Crippen molar-refractivity contribution in [2.24, 2.45) is 11.3 Å². The number of hydrogen-bond donors (Lipinski definition) is 3. The molecule has 0 aromatic carbocycles. The van der Waals surface area contributed by atoms with Crippen molar-refractivity contribution in [2.75, 3.05) is 6.61 Å². The number of hydrogen-bond acceptors (Lipinski definition) is 3. The van der Waals surface area contributed by atoms with Crippen molar-refractivity contribution in [3.8, 4) is 0 Å². The van der Waals surface area contributed by atoms with Crippen molar-refractivity contribution in [3.63, 3.8) is 0 Å². The van der Waals surface area contributed by atoms with Gasteiger partial charge < -0.3 is 15.5 Å². The number of aliphatic carboxylic acids is 1. The first-order valence-corrected chi connectivity index (χ1v) is 7.05. The number of carbonyl (C=O) groups is 2. The van der Waals surface area contributed by atoms with Gasteiger partial charge in [0.05, 0.1) is 5.41 Å². The second-order valence-electron chi connectivity index (χ2n) is 5.90. The number of amides is 1. The van der Waals surface area contributed by atoms with Crippen LogP contribution in [0.15, 0.2) is 0 Å². The molecule has 0 aliphatic heterocycles. The highest BCUT2D eigenvalue weighted by Gasteiger charge is 2.43. The Kier molecular flexibility index (Phi) is 5.79. The molecule has 1 unspecified atom stereocenters. The molecule has 0 bridgehead atoms. The molecule has 0 radical (unpaired) electrons. The van der Waals surface area contributed by atoms with Crippen LogP contribution in [0.3, 0.4) is 0 Å². The van der Waals surface area contributed by atoms with Gasteiger partial charge in [-0.2, -0.15) is 0 Å². The molecule has 110 valence electrons. The summed E-state index contributed by atoms with van der Waals surface area (Å²) in [6.45, 7) is 3.97. The van der Waals surface area contributed by atoms with E-state index < -0.39 is 11.4 Å². The Balaban J connectivity index is 2.60. The zero-order valence-electron chi connectivity index (χ0n) is 11.8. The topological polar surface area (TPSA) is 86.6 Å². The van der Waals surface area contributed by atoms with Crippen molar-refractivity contribution in [1.82, 2.24) is 5.32 Å². The molecule has 1 amide bonds. The number of carboxylic acid groups (broad SMARTS) is 1. The summed E-state index contributed by atoms with van der Waals surface area (Å²) in [5.74, 6) is -0.847. The molecule has 0 heterocycles. The normalized spacial score (nSPS) is 19.4. The Morgan fingerprint density at radius 2 is 1.84 bits per heavy atom. The molecule has 0 saturated heterocycles. The molecule has 1 fully saturated rings. The lowest BCUT2D eigenvalue weighted by molar-refractivity contribution is -0.151. The average Bonchev–Trinajstić information content (AvgIpc) is 2.78. The third-order valence-electron chi connectivity index (χ3n) is 4.10. The third kappa shape index (κ3) is 4.20. The molecular formula is C14H25NO4. The highest BCUT2D eigenvalue weighted by Crippen LogP contribution is 2.41. The summed E-state index contributed by atoms with van der Waals surface area (Å²) in [6, 6.07) is -0.0928. The van der Waals surface area contributed by atoms with Gasteiger partial charge in [-0.15, -0.1) is 0 Å². The van der Waals surface area contributed by atoms with Gasteiger partial charge in [0.1, 0.15) is 0 Å². The molecule has 1 aliphatic rings. The molecular weight excluding hydrogens is 246 g/mol. The standard InChI is InChI=1S/C14H25NO4/c1-10(2)11(5-8-16)15-12(17)9-14(13(18)19)6-3-4-7-14/h10-11,16H,3-9H2,1-2H3,(H,15,17)(H,18,19). The monoisotopic (exact) mass is 271 g/mol. The molecule has 0 aromatic heterocycles. The third-order valence-corrected chi connectivity index (χ3v) is 4.10. The largest absolute Gasteiger partial charge is 0.481 e. The van der Waals surface area contributed by atoms with Crippen molar-refractivity contribution in [2.45, 2.75) is 58.4 Å². The Bertz CT molecular complexity index is 321. The lowest BCUT2D eigenvalue weighted by Crippen LogP contribution is -2.42. The van der Waals surface area contributed by atoms with Crippen LogP contribution in [0.25, 0.3) is 0 Å². The minimum Gasteiger partial charge on any atom is -0.481 e. The fourth-order valence-electron chi connectivity index (χ4n) is 2.79. The second-order valence-corrected chi connectivity index (χ2v) is 5.90. The fourth-order valence-corrected chi connectivity index (χ4v) is 2.79. The number of rotatable bonds is 7. The van der Waals surface area contributed by atoms with Gasteiger partial charge in [0.25, 0.3) is 0 Å². The van der Waals surface area contributed by atoms with E-state index in [0.29, 0.717) is 19.3 Å². The summed E-state index contributed by atoms with van der Waals surface area (Å²) in [5.41, 5.74) is -0.870. The van der Waals surface area contributed by atoms with Crippen molar-refractivity contribution < 1.29 is 19.8 Å². The number of aliphatic hydroxyl groups is 1. The molecule has 19 heavy (non-hydrogen) atoms. The van der Waals surface area contributed by atoms with Crippen molar-refractivity contribution >= 4 is 11.9 Å². The number of carbonyl (C=O) groups excluding carboxylic acids is 1. The maximum Gasteiger partial charge on any atom is 0.310 e. The van der Waals surface area contributed by atoms with E-state index in [1.54, 1.807) is 0 Å². The number of carboxylic acids is 1. The molecule has 1 rings (SSSR count). The van der Waals surface area contributed by atoms with Crippen LogP contribution in [0.5, 0.6) is 0 Å². The van der Waals surface area contributed by atoms with E-state index in [-0.39, 0.29) is 30.9 Å². The molecule has 1 atom stereocenters. The minimum atomic E-state index is -0.870. The summed E-state index contributed by atoms with van der Waals surface area (Å²) in [6.07, 6.45) is 3.48. The van der Waals surface area contributed by atoms with E-state index in [1.807, 2.05) is 13.8 Å². The lowest BCUT2D eigenvalue weighted by Gasteiger charge is -2.26. The van der Waals surface area contributed by atoms with E-state index in [1.165, 1.54) is 0 Å². The van der Waals surface area contributed by atoms with Gasteiger partial charge in [-0.25, -0.2) is 0 Å². The van der Waals surface area contributed by atoms with Crippen LogP contribution in [0.1, 0.15) is 52.4 Å². The second kappa shape index (κ2) is 6.89. The van der Waals surface area contributed by atoms with Gasteiger partial charge >= 0.3 is 5.97 Å². The Morgan fingerprint density at radius 1 is 1.26 bits per heavy atom. The molecule has 1 saturated carbocycles. The van der Waals surface area contributed by atoms with Crippen molar-refractivity contribution in [3.05, 3.63) is 0 Å². The van der Waals surface area contributed by atoms with Gasteiger partial charge in [-0.1, -0.05) is 26.7 Å². The van der Waals surface area contributed by atoms with Gasteiger partial charge in [-0.05, 0) is 25.2 Å². The minimum absolute atomic E-state index is 0.0210. The summed E-state index contributed by atoms with van der Waals surface area (Å²) < 4.78 is 0. The zero-order valence-corrected chi connectivity index (χ0v) is 11.8. The summed E-state index contributed by atoms with van der Waals surface area (Å²) in [7, 11) is 0. The number of nitrogens with one attached hydrogen (secondary N) is 1. The molecule has 5 nitrogen and oxygen atoms in total. The number of aliphatic hydroxyl groups excluding tert-OH is 1. The first kappa shape index (κ1) is 16.0. The Labute approximate surface area is 114 Å². The van der Waals surface area contributed by atoms with Crippen LogP contribution >= 0.6 is 0 Å².